The lowest BCUT2D eigenvalue weighted by molar-refractivity contribution is -0.870. The molecule has 88 heavy (non-hydrogen) atoms. The van der Waals surface area contributed by atoms with Crippen LogP contribution in [0.3, 0.4) is 0 Å². The molecule has 0 rings (SSSR count). The molecule has 0 saturated heterocycles. The van der Waals surface area contributed by atoms with Crippen LogP contribution in [0.2, 0.25) is 0 Å². The summed E-state index contributed by atoms with van der Waals surface area (Å²) in [4.78, 5) is 40.3. The number of nitrogens with one attached hydrogen (secondary N) is 1. The van der Waals surface area contributed by atoms with Gasteiger partial charge in [0.05, 0.1) is 33.8 Å². The Balaban J connectivity index is 4.92. The van der Waals surface area contributed by atoms with Crippen molar-refractivity contribution in [3.8, 4) is 0 Å². The van der Waals surface area contributed by atoms with E-state index in [0.717, 1.165) is 57.8 Å². The molecule has 520 valence electrons. The van der Waals surface area contributed by atoms with Crippen molar-refractivity contribution in [3.05, 3.63) is 36.5 Å². The second-order valence-corrected chi connectivity index (χ2v) is 29.3. The summed E-state index contributed by atoms with van der Waals surface area (Å²) in [5.74, 6) is -0.518. The highest BCUT2D eigenvalue weighted by Crippen LogP contribution is 2.38. The lowest BCUT2D eigenvalue weighted by atomic mass is 10.0. The number of hydrogen-bond acceptors (Lipinski definition) is 7. The number of hydrogen-bond donors (Lipinski definition) is 1. The minimum absolute atomic E-state index is 0.0190. The standard InChI is InChI=1S/C78H151N2O7P/c1-7-10-13-16-19-22-25-28-30-32-34-36-38-39-40-41-43-44-46-48-50-52-55-58-61-64-67-70-77(81)79-75(74-86-88(83,84)85-73-72-80(4,5)6)76(69-66-63-60-57-54-27-24-21-18-15-12-9-3)87-78(82)71-68-65-62-59-56-53-51-49-47-45-42-37-35-33-31-29-26-23-20-17-14-11-8-2/h28-31,66,69,75-76H,7-27,32-65,67-68,70-74H2,1-6H3,(H-,79,81,83,84)/b30-28+,31-29+,69-66-. The summed E-state index contributed by atoms with van der Waals surface area (Å²) in [6.45, 7) is 6.91. The molecular formula is C78H151N2O7P. The van der Waals surface area contributed by atoms with Crippen molar-refractivity contribution >= 4 is 19.7 Å². The number of allylic oxidation sites excluding steroid dienone is 5. The summed E-state index contributed by atoms with van der Waals surface area (Å²) in [5, 5.41) is 3.06. The molecule has 9 nitrogen and oxygen atoms in total. The van der Waals surface area contributed by atoms with Crippen LogP contribution in [-0.2, 0) is 27.9 Å². The van der Waals surface area contributed by atoms with Gasteiger partial charge < -0.3 is 28.5 Å². The second-order valence-electron chi connectivity index (χ2n) is 27.9. The monoisotopic (exact) mass is 1260 g/mol. The third kappa shape index (κ3) is 68.6. The van der Waals surface area contributed by atoms with Crippen molar-refractivity contribution in [2.24, 2.45) is 0 Å². The predicted molar refractivity (Wildman–Crippen MR) is 381 cm³/mol. The minimum Gasteiger partial charge on any atom is -0.756 e. The molecule has 0 radical (unpaired) electrons. The van der Waals surface area contributed by atoms with Crippen molar-refractivity contribution in [3.63, 3.8) is 0 Å². The van der Waals surface area contributed by atoms with Gasteiger partial charge in [0.25, 0.3) is 7.82 Å². The van der Waals surface area contributed by atoms with Crippen LogP contribution in [0.15, 0.2) is 36.5 Å². The predicted octanol–water partition coefficient (Wildman–Crippen LogP) is 24.3. The number of phosphoric ester groups is 1. The van der Waals surface area contributed by atoms with Gasteiger partial charge in [-0.1, -0.05) is 340 Å². The molecule has 0 fully saturated rings. The maximum Gasteiger partial charge on any atom is 0.306 e. The Morgan fingerprint density at radius 1 is 0.386 bits per heavy atom. The number of likely N-dealkylation sites (N-methyl/N-ethyl adjacent to an activating group) is 1. The fraction of sp³-hybridized carbons (Fsp3) is 0.897. The highest BCUT2D eigenvalue weighted by molar-refractivity contribution is 7.45. The quantitative estimate of drug-likeness (QED) is 0.0212. The molecule has 0 heterocycles. The summed E-state index contributed by atoms with van der Waals surface area (Å²) < 4.78 is 30.5. The molecule has 0 aromatic carbocycles. The second kappa shape index (κ2) is 68.1. The molecule has 0 saturated carbocycles. The first-order valence-corrected chi connectivity index (χ1v) is 40.3. The van der Waals surface area contributed by atoms with E-state index in [0.29, 0.717) is 17.4 Å². The number of unbranched alkanes of at least 4 members (excludes halogenated alkanes) is 52. The van der Waals surface area contributed by atoms with Gasteiger partial charge >= 0.3 is 5.97 Å². The van der Waals surface area contributed by atoms with Gasteiger partial charge in [-0.15, -0.1) is 0 Å². The van der Waals surface area contributed by atoms with Gasteiger partial charge in [-0.05, 0) is 83.1 Å². The highest BCUT2D eigenvalue weighted by Gasteiger charge is 2.27. The molecule has 0 bridgehead atoms. The molecule has 3 unspecified atom stereocenters. The number of esters is 1. The van der Waals surface area contributed by atoms with Gasteiger partial charge in [0.1, 0.15) is 19.3 Å². The zero-order chi connectivity index (χ0) is 64.2. The smallest absolute Gasteiger partial charge is 0.306 e. The number of carbonyl (C=O) groups excluding carboxylic acids is 2. The molecule has 10 heteroatoms. The zero-order valence-electron chi connectivity index (χ0n) is 59.7. The molecule has 0 spiro atoms. The van der Waals surface area contributed by atoms with Gasteiger partial charge in [0.2, 0.25) is 5.91 Å². The normalized spacial score (nSPS) is 13.6. The van der Waals surface area contributed by atoms with Crippen LogP contribution in [0.1, 0.15) is 400 Å². The van der Waals surface area contributed by atoms with E-state index in [9.17, 15) is 19.0 Å². The molecular weight excluding hydrogens is 1110 g/mol. The Labute approximate surface area is 548 Å². The lowest BCUT2D eigenvalue weighted by Crippen LogP contribution is -2.47. The van der Waals surface area contributed by atoms with Gasteiger partial charge in [0.15, 0.2) is 0 Å². The number of rotatable bonds is 72. The van der Waals surface area contributed by atoms with Crippen LogP contribution >= 0.6 is 7.82 Å². The summed E-state index contributed by atoms with van der Waals surface area (Å²) in [6, 6.07) is -0.886. The molecule has 0 aliphatic heterocycles. The van der Waals surface area contributed by atoms with Crippen LogP contribution in [0.4, 0.5) is 0 Å². The summed E-state index contributed by atoms with van der Waals surface area (Å²) in [7, 11) is 1.21. The minimum atomic E-state index is -4.70. The maximum absolute atomic E-state index is 13.6. The number of nitrogens with zero attached hydrogens (tertiary/aromatic N) is 1. The van der Waals surface area contributed by atoms with Gasteiger partial charge in [-0.3, -0.25) is 14.2 Å². The van der Waals surface area contributed by atoms with Crippen molar-refractivity contribution < 1.29 is 37.3 Å². The molecule has 1 amide bonds. The summed E-state index contributed by atoms with van der Waals surface area (Å²) >= 11 is 0. The van der Waals surface area contributed by atoms with E-state index in [1.807, 2.05) is 33.3 Å². The van der Waals surface area contributed by atoms with Crippen molar-refractivity contribution in [1.82, 2.24) is 5.32 Å². The van der Waals surface area contributed by atoms with E-state index >= 15 is 0 Å². The van der Waals surface area contributed by atoms with E-state index < -0.39 is 20.0 Å². The Bertz CT molecular complexity index is 1600. The number of ether oxygens (including phenoxy) is 1. The van der Waals surface area contributed by atoms with Gasteiger partial charge in [-0.2, -0.15) is 0 Å². The first kappa shape index (κ1) is 86.2. The summed E-state index contributed by atoms with van der Waals surface area (Å²) in [6.07, 6.45) is 85.7. The van der Waals surface area contributed by atoms with Crippen molar-refractivity contribution in [2.75, 3.05) is 40.9 Å². The zero-order valence-corrected chi connectivity index (χ0v) is 60.6. The Morgan fingerprint density at radius 2 is 0.659 bits per heavy atom. The van der Waals surface area contributed by atoms with Crippen molar-refractivity contribution in [1.29, 1.82) is 0 Å². The van der Waals surface area contributed by atoms with Crippen LogP contribution in [0.5, 0.6) is 0 Å². The largest absolute Gasteiger partial charge is 0.756 e. The van der Waals surface area contributed by atoms with Gasteiger partial charge in [-0.25, -0.2) is 0 Å². The van der Waals surface area contributed by atoms with E-state index in [1.54, 1.807) is 0 Å². The molecule has 0 aromatic heterocycles. The van der Waals surface area contributed by atoms with E-state index in [1.165, 1.54) is 308 Å². The Kier molecular flexibility index (Phi) is 66.7. The van der Waals surface area contributed by atoms with Crippen LogP contribution in [-0.4, -0.2) is 69.4 Å². The average molecular weight is 1260 g/mol. The lowest BCUT2D eigenvalue weighted by Gasteiger charge is -2.30. The Hall–Kier alpha value is -1.77. The van der Waals surface area contributed by atoms with Gasteiger partial charge in [0, 0.05) is 12.8 Å². The van der Waals surface area contributed by atoms with E-state index in [2.05, 4.69) is 50.4 Å². The topological polar surface area (TPSA) is 114 Å². The fourth-order valence-corrected chi connectivity index (χ4v) is 12.5. The molecule has 1 N–H and O–H groups in total. The van der Waals surface area contributed by atoms with Crippen LogP contribution < -0.4 is 10.2 Å². The molecule has 0 aliphatic carbocycles. The van der Waals surface area contributed by atoms with Crippen LogP contribution in [0.25, 0.3) is 0 Å². The average Bonchev–Trinajstić information content (AvgIpc) is 3.66. The van der Waals surface area contributed by atoms with E-state index in [-0.39, 0.29) is 31.5 Å². The summed E-state index contributed by atoms with van der Waals surface area (Å²) in [5.41, 5.74) is 0. The highest BCUT2D eigenvalue weighted by atomic mass is 31.2. The maximum atomic E-state index is 13.6. The Morgan fingerprint density at radius 3 is 0.966 bits per heavy atom. The SMILES string of the molecule is CCCCCCCC/C=C/CCCCCCCCCCCCCCCCCCCC(=O)NC(COP(=O)([O-])OCC[N+](C)(C)C)C(/C=C\CCCCCCCCCCCC)OC(=O)CCCCCCCCCCCCCCC/C=C/CCCCCCCC. The molecule has 0 aromatic rings. The molecule has 0 aliphatic rings. The third-order valence-corrected chi connectivity index (χ3v) is 18.8. The van der Waals surface area contributed by atoms with Crippen molar-refractivity contribution in [2.45, 2.75) is 412 Å². The number of amides is 1. The van der Waals surface area contributed by atoms with Crippen LogP contribution in [0, 0.1) is 0 Å². The number of quaternary nitrogens is 1. The first-order valence-electron chi connectivity index (χ1n) is 38.8. The number of carbonyl (C=O) groups is 2. The fourth-order valence-electron chi connectivity index (χ4n) is 11.8. The molecule has 3 atom stereocenters. The third-order valence-electron chi connectivity index (χ3n) is 17.8. The number of phosphoric acid groups is 1. The first-order chi connectivity index (χ1) is 42.9. The van der Waals surface area contributed by atoms with E-state index in [4.69, 9.17) is 13.8 Å².